The largest absolute Gasteiger partial charge is 0.406 e. The Bertz CT molecular complexity index is 247. The van der Waals surface area contributed by atoms with E-state index in [1.165, 1.54) is 0 Å². The Kier molecular flexibility index (Phi) is 3.63. The fraction of sp³-hybridized carbons (Fsp3) is 1.00. The van der Waals surface area contributed by atoms with Crippen LogP contribution >= 0.6 is 0 Å². The monoisotopic (exact) mass is 237 g/mol. The SMILES string of the molecule is CCCNC1(C(F)(F)F)CC(C)(C)CC1C. The maximum atomic E-state index is 13.3. The Morgan fingerprint density at radius 3 is 2.19 bits per heavy atom. The van der Waals surface area contributed by atoms with Crippen molar-refractivity contribution in [2.24, 2.45) is 11.3 Å². The van der Waals surface area contributed by atoms with Crippen molar-refractivity contribution in [3.05, 3.63) is 0 Å². The van der Waals surface area contributed by atoms with Gasteiger partial charge in [-0.3, -0.25) is 0 Å². The smallest absolute Gasteiger partial charge is 0.303 e. The van der Waals surface area contributed by atoms with E-state index in [4.69, 9.17) is 0 Å². The van der Waals surface area contributed by atoms with Crippen molar-refractivity contribution in [1.82, 2.24) is 5.32 Å². The van der Waals surface area contributed by atoms with E-state index in [-0.39, 0.29) is 17.8 Å². The molecule has 1 saturated carbocycles. The van der Waals surface area contributed by atoms with Gasteiger partial charge >= 0.3 is 6.18 Å². The minimum absolute atomic E-state index is 0.185. The summed E-state index contributed by atoms with van der Waals surface area (Å²) in [7, 11) is 0. The molecule has 16 heavy (non-hydrogen) atoms. The number of alkyl halides is 3. The van der Waals surface area contributed by atoms with Gasteiger partial charge in [-0.25, -0.2) is 0 Å². The summed E-state index contributed by atoms with van der Waals surface area (Å²) in [5.41, 5.74) is -1.90. The van der Waals surface area contributed by atoms with E-state index < -0.39 is 11.7 Å². The van der Waals surface area contributed by atoms with Gasteiger partial charge in [0.15, 0.2) is 0 Å². The lowest BCUT2D eigenvalue weighted by molar-refractivity contribution is -0.207. The third kappa shape index (κ3) is 2.36. The molecule has 96 valence electrons. The van der Waals surface area contributed by atoms with Crippen LogP contribution in [0.25, 0.3) is 0 Å². The normalized spacial score (nSPS) is 34.3. The van der Waals surface area contributed by atoms with Crippen molar-refractivity contribution < 1.29 is 13.2 Å². The highest BCUT2D eigenvalue weighted by Crippen LogP contribution is 2.54. The lowest BCUT2D eigenvalue weighted by Gasteiger charge is -2.37. The molecule has 0 bridgehead atoms. The predicted octanol–water partition coefficient (Wildman–Crippen LogP) is 3.74. The fourth-order valence-corrected chi connectivity index (χ4v) is 3.07. The Morgan fingerprint density at radius 1 is 1.31 bits per heavy atom. The van der Waals surface area contributed by atoms with Gasteiger partial charge in [0.1, 0.15) is 5.54 Å². The van der Waals surface area contributed by atoms with E-state index in [1.807, 2.05) is 20.8 Å². The van der Waals surface area contributed by atoms with Crippen LogP contribution in [-0.2, 0) is 0 Å². The summed E-state index contributed by atoms with van der Waals surface area (Å²) in [6.07, 6.45) is -2.62. The van der Waals surface area contributed by atoms with Gasteiger partial charge in [0.2, 0.25) is 0 Å². The first-order chi connectivity index (χ1) is 7.15. The maximum absolute atomic E-state index is 13.3. The molecule has 0 aliphatic heterocycles. The number of rotatable bonds is 3. The molecular formula is C12H22F3N. The van der Waals surface area contributed by atoms with Crippen molar-refractivity contribution in [3.63, 3.8) is 0 Å². The number of hydrogen-bond acceptors (Lipinski definition) is 1. The van der Waals surface area contributed by atoms with Gasteiger partial charge in [-0.2, -0.15) is 13.2 Å². The van der Waals surface area contributed by atoms with Crippen LogP contribution in [0.15, 0.2) is 0 Å². The summed E-state index contributed by atoms with van der Waals surface area (Å²) in [5.74, 6) is -0.353. The summed E-state index contributed by atoms with van der Waals surface area (Å²) in [6.45, 7) is 7.88. The third-order valence-corrected chi connectivity index (χ3v) is 3.65. The molecule has 0 amide bonds. The Morgan fingerprint density at radius 2 is 1.88 bits per heavy atom. The van der Waals surface area contributed by atoms with E-state index in [0.29, 0.717) is 13.0 Å². The number of nitrogens with one attached hydrogen (secondary N) is 1. The minimum Gasteiger partial charge on any atom is -0.303 e. The number of hydrogen-bond donors (Lipinski definition) is 1. The van der Waals surface area contributed by atoms with Crippen molar-refractivity contribution >= 4 is 0 Å². The van der Waals surface area contributed by atoms with Crippen LogP contribution < -0.4 is 5.32 Å². The van der Waals surface area contributed by atoms with Crippen molar-refractivity contribution in [2.75, 3.05) is 6.54 Å². The van der Waals surface area contributed by atoms with Crippen molar-refractivity contribution in [1.29, 1.82) is 0 Å². The highest BCUT2D eigenvalue weighted by molar-refractivity contribution is 5.08. The second-order valence-electron chi connectivity index (χ2n) is 5.84. The molecule has 0 saturated heterocycles. The average Bonchev–Trinajstić information content (AvgIpc) is 2.32. The molecule has 0 radical (unpaired) electrons. The molecule has 0 heterocycles. The molecule has 1 fully saturated rings. The molecule has 4 heteroatoms. The summed E-state index contributed by atoms with van der Waals surface area (Å²) in [4.78, 5) is 0. The van der Waals surface area contributed by atoms with Crippen LogP contribution in [0.4, 0.5) is 13.2 Å². The summed E-state index contributed by atoms with van der Waals surface area (Å²) in [6, 6.07) is 0. The highest BCUT2D eigenvalue weighted by Gasteiger charge is 2.63. The number of halogens is 3. The molecule has 0 spiro atoms. The first-order valence-corrected chi connectivity index (χ1v) is 5.96. The predicted molar refractivity (Wildman–Crippen MR) is 59.3 cm³/mol. The topological polar surface area (TPSA) is 12.0 Å². The van der Waals surface area contributed by atoms with Gasteiger partial charge in [-0.1, -0.05) is 27.7 Å². The quantitative estimate of drug-likeness (QED) is 0.788. The molecule has 1 nitrogen and oxygen atoms in total. The molecule has 0 aromatic carbocycles. The van der Waals surface area contributed by atoms with Crippen LogP contribution in [0, 0.1) is 11.3 Å². The van der Waals surface area contributed by atoms with Gasteiger partial charge in [-0.05, 0) is 37.1 Å². The average molecular weight is 237 g/mol. The summed E-state index contributed by atoms with van der Waals surface area (Å²) < 4.78 is 39.8. The molecule has 0 aromatic heterocycles. The molecule has 1 aliphatic rings. The van der Waals surface area contributed by atoms with Crippen molar-refractivity contribution in [3.8, 4) is 0 Å². The molecule has 1 rings (SSSR count). The van der Waals surface area contributed by atoms with E-state index >= 15 is 0 Å². The van der Waals surface area contributed by atoms with Gasteiger partial charge in [0, 0.05) is 0 Å². The molecule has 1 aliphatic carbocycles. The summed E-state index contributed by atoms with van der Waals surface area (Å²) >= 11 is 0. The molecular weight excluding hydrogens is 215 g/mol. The fourth-order valence-electron chi connectivity index (χ4n) is 3.07. The first-order valence-electron chi connectivity index (χ1n) is 5.96. The zero-order valence-corrected chi connectivity index (χ0v) is 10.5. The van der Waals surface area contributed by atoms with Crippen LogP contribution in [0.2, 0.25) is 0 Å². The first kappa shape index (κ1) is 13.8. The maximum Gasteiger partial charge on any atom is 0.406 e. The standard InChI is InChI=1S/C12H22F3N/c1-5-6-16-11(12(13,14)15)8-10(3,4)7-9(11)2/h9,16H,5-8H2,1-4H3. The van der Waals surface area contributed by atoms with E-state index in [0.717, 1.165) is 6.42 Å². The summed E-state index contributed by atoms with van der Waals surface area (Å²) in [5, 5.41) is 2.77. The van der Waals surface area contributed by atoms with Gasteiger partial charge in [-0.15, -0.1) is 0 Å². The van der Waals surface area contributed by atoms with Gasteiger partial charge in [0.25, 0.3) is 0 Å². The molecule has 1 N–H and O–H groups in total. The van der Waals surface area contributed by atoms with E-state index in [2.05, 4.69) is 5.32 Å². The second-order valence-corrected chi connectivity index (χ2v) is 5.84. The van der Waals surface area contributed by atoms with Crippen LogP contribution in [-0.4, -0.2) is 18.3 Å². The van der Waals surface area contributed by atoms with Crippen LogP contribution in [0.5, 0.6) is 0 Å². The van der Waals surface area contributed by atoms with Crippen LogP contribution in [0.3, 0.4) is 0 Å². The second kappa shape index (κ2) is 4.21. The Labute approximate surface area is 95.8 Å². The Balaban J connectivity index is 2.97. The molecule has 0 aromatic rings. The highest BCUT2D eigenvalue weighted by atomic mass is 19.4. The lowest BCUT2D eigenvalue weighted by Crippen LogP contribution is -2.59. The van der Waals surface area contributed by atoms with Crippen LogP contribution in [0.1, 0.15) is 47.0 Å². The van der Waals surface area contributed by atoms with Gasteiger partial charge in [0.05, 0.1) is 0 Å². The van der Waals surface area contributed by atoms with Crippen molar-refractivity contribution in [2.45, 2.75) is 58.7 Å². The zero-order chi connectivity index (χ0) is 12.6. The molecule has 2 unspecified atom stereocenters. The molecule has 2 atom stereocenters. The lowest BCUT2D eigenvalue weighted by atomic mass is 9.85. The zero-order valence-electron chi connectivity index (χ0n) is 10.5. The van der Waals surface area contributed by atoms with E-state index in [1.54, 1.807) is 6.92 Å². The van der Waals surface area contributed by atoms with Gasteiger partial charge < -0.3 is 5.32 Å². The van der Waals surface area contributed by atoms with E-state index in [9.17, 15) is 13.2 Å². The minimum atomic E-state index is -4.16. The Hall–Kier alpha value is -0.250. The third-order valence-electron chi connectivity index (χ3n) is 3.65.